The minimum atomic E-state index is -0.768. The van der Waals surface area contributed by atoms with E-state index in [-0.39, 0.29) is 18.0 Å². The molecule has 0 N–H and O–H groups in total. The minimum Gasteiger partial charge on any atom is -0.449 e. The third-order valence-electron chi connectivity index (χ3n) is 4.99. The van der Waals surface area contributed by atoms with Gasteiger partial charge in [-0.1, -0.05) is 0 Å². The van der Waals surface area contributed by atoms with Gasteiger partial charge in [-0.05, 0) is 31.2 Å². The van der Waals surface area contributed by atoms with Crippen LogP contribution in [-0.2, 0) is 4.74 Å². The van der Waals surface area contributed by atoms with Crippen LogP contribution in [0.2, 0.25) is 0 Å². The highest BCUT2D eigenvalue weighted by molar-refractivity contribution is 5.72. The van der Waals surface area contributed by atoms with Gasteiger partial charge in [-0.15, -0.1) is 0 Å². The second-order valence-electron chi connectivity index (χ2n) is 6.89. The number of benzene rings is 2. The monoisotopic (exact) mass is 450 g/mol. The first-order valence-electron chi connectivity index (χ1n) is 9.85. The Bertz CT molecular complexity index is 1220. The van der Waals surface area contributed by atoms with E-state index in [1.807, 2.05) is 0 Å². The molecule has 4 rings (SSSR count). The van der Waals surface area contributed by atoms with Gasteiger partial charge < -0.3 is 14.2 Å². The number of imidazole rings is 1. The Hall–Kier alpha value is -4.74. The fraction of sp³-hybridized carbons (Fsp3) is 0.143. The van der Waals surface area contributed by atoms with Gasteiger partial charge in [-0.3, -0.25) is 25.1 Å². The number of carbonyl (C=O) groups excluding carboxylic acids is 1. The van der Waals surface area contributed by atoms with Gasteiger partial charge in [0.15, 0.2) is 12.0 Å². The third kappa shape index (κ3) is 4.08. The zero-order chi connectivity index (χ0) is 23.5. The predicted molar refractivity (Wildman–Crippen MR) is 117 cm³/mol. The van der Waals surface area contributed by atoms with Gasteiger partial charge in [0.05, 0.1) is 16.5 Å². The summed E-state index contributed by atoms with van der Waals surface area (Å²) in [4.78, 5) is 41.2. The first kappa shape index (κ1) is 21.5. The maximum Gasteiger partial charge on any atom is 0.415 e. The highest BCUT2D eigenvalue weighted by atomic mass is 16.6. The van der Waals surface area contributed by atoms with Gasteiger partial charge in [0.25, 0.3) is 11.4 Å². The molecule has 0 bridgehead atoms. The SMILES string of the molecule is CCOC(=O)N1C=CN(c2ccc([N+](=O)[O-])cc2)[C@H]1c1nccn1-c1ccc([N+](=O)[O-])cc1. The molecule has 0 radical (unpaired) electrons. The molecule has 168 valence electrons. The highest BCUT2D eigenvalue weighted by Crippen LogP contribution is 2.36. The highest BCUT2D eigenvalue weighted by Gasteiger charge is 2.37. The first-order chi connectivity index (χ1) is 15.9. The summed E-state index contributed by atoms with van der Waals surface area (Å²) in [5.41, 5.74) is 1.08. The molecule has 1 amide bonds. The van der Waals surface area contributed by atoms with Crippen molar-refractivity contribution in [1.82, 2.24) is 14.5 Å². The van der Waals surface area contributed by atoms with E-state index in [0.29, 0.717) is 17.2 Å². The Morgan fingerprint density at radius 3 is 2.09 bits per heavy atom. The molecule has 3 aromatic rings. The molecule has 2 heterocycles. The fourth-order valence-electron chi connectivity index (χ4n) is 3.48. The molecule has 2 aromatic carbocycles. The molecule has 1 aliphatic heterocycles. The van der Waals surface area contributed by atoms with Crippen LogP contribution < -0.4 is 4.90 Å². The lowest BCUT2D eigenvalue weighted by molar-refractivity contribution is -0.385. The van der Waals surface area contributed by atoms with Crippen LogP contribution in [0.25, 0.3) is 5.69 Å². The van der Waals surface area contributed by atoms with Crippen LogP contribution in [0.5, 0.6) is 0 Å². The molecule has 0 unspecified atom stereocenters. The second kappa shape index (κ2) is 8.78. The van der Waals surface area contributed by atoms with Gasteiger partial charge in [-0.25, -0.2) is 9.78 Å². The molecule has 0 fully saturated rings. The van der Waals surface area contributed by atoms with E-state index in [2.05, 4.69) is 4.98 Å². The molecule has 1 aromatic heterocycles. The number of aromatic nitrogens is 2. The summed E-state index contributed by atoms with van der Waals surface area (Å²) >= 11 is 0. The topological polar surface area (TPSA) is 137 Å². The van der Waals surface area contributed by atoms with Crippen molar-refractivity contribution in [1.29, 1.82) is 0 Å². The molecular weight excluding hydrogens is 432 g/mol. The van der Waals surface area contributed by atoms with Crippen molar-refractivity contribution in [2.45, 2.75) is 13.1 Å². The van der Waals surface area contributed by atoms with Crippen molar-refractivity contribution in [2.75, 3.05) is 11.5 Å². The zero-order valence-corrected chi connectivity index (χ0v) is 17.3. The number of nitro groups is 2. The molecule has 0 saturated heterocycles. The normalized spacial score (nSPS) is 15.0. The van der Waals surface area contributed by atoms with Crippen LogP contribution in [0.15, 0.2) is 73.3 Å². The Kier molecular flexibility index (Phi) is 5.72. The fourth-order valence-corrected chi connectivity index (χ4v) is 3.48. The molecular formula is C21H18N6O6. The standard InChI is InChI=1S/C21H18N6O6/c1-2-33-21(28)25-14-13-24(16-5-9-18(10-6-16)27(31)32)20(25)19-22-11-12-23(19)15-3-7-17(8-4-15)26(29)30/h3-14,20H,2H2,1H3/t20-/m1/s1. The number of hydrogen-bond donors (Lipinski definition) is 0. The number of rotatable bonds is 6. The number of carbonyl (C=O) groups is 1. The maximum absolute atomic E-state index is 12.7. The smallest absolute Gasteiger partial charge is 0.415 e. The van der Waals surface area contributed by atoms with Crippen molar-refractivity contribution in [3.05, 3.63) is 99.4 Å². The van der Waals surface area contributed by atoms with Crippen LogP contribution in [0.1, 0.15) is 18.9 Å². The summed E-state index contributed by atoms with van der Waals surface area (Å²) in [6.45, 7) is 1.86. The minimum absolute atomic E-state index is 0.0522. The number of nitrogens with zero attached hydrogens (tertiary/aromatic N) is 6. The molecule has 0 spiro atoms. The first-order valence-corrected chi connectivity index (χ1v) is 9.85. The summed E-state index contributed by atoms with van der Waals surface area (Å²) in [5.74, 6) is 0.431. The van der Waals surface area contributed by atoms with Gasteiger partial charge in [0.1, 0.15) is 0 Å². The van der Waals surface area contributed by atoms with Crippen molar-refractivity contribution in [3.8, 4) is 5.69 Å². The van der Waals surface area contributed by atoms with E-state index < -0.39 is 22.1 Å². The van der Waals surface area contributed by atoms with Crippen LogP contribution >= 0.6 is 0 Å². The van der Waals surface area contributed by atoms with Gasteiger partial charge >= 0.3 is 6.09 Å². The van der Waals surface area contributed by atoms with E-state index in [9.17, 15) is 25.0 Å². The molecule has 0 saturated carbocycles. The summed E-state index contributed by atoms with van der Waals surface area (Å²) in [5, 5.41) is 22.0. The number of non-ortho nitro benzene ring substituents is 2. The number of amides is 1. The summed E-state index contributed by atoms with van der Waals surface area (Å²) in [7, 11) is 0. The van der Waals surface area contributed by atoms with E-state index in [0.717, 1.165) is 0 Å². The van der Waals surface area contributed by atoms with Crippen molar-refractivity contribution >= 4 is 23.2 Å². The largest absolute Gasteiger partial charge is 0.449 e. The van der Waals surface area contributed by atoms with Crippen molar-refractivity contribution in [3.63, 3.8) is 0 Å². The van der Waals surface area contributed by atoms with E-state index in [4.69, 9.17) is 4.74 Å². The van der Waals surface area contributed by atoms with Gasteiger partial charge in [-0.2, -0.15) is 0 Å². The Morgan fingerprint density at radius 1 is 0.970 bits per heavy atom. The molecule has 12 nitrogen and oxygen atoms in total. The quantitative estimate of drug-likeness (QED) is 0.404. The lowest BCUT2D eigenvalue weighted by Gasteiger charge is -2.30. The zero-order valence-electron chi connectivity index (χ0n) is 17.3. The average molecular weight is 450 g/mol. The van der Waals surface area contributed by atoms with Crippen LogP contribution in [-0.4, -0.2) is 37.0 Å². The molecule has 12 heteroatoms. The van der Waals surface area contributed by atoms with Crippen LogP contribution in [0, 0.1) is 20.2 Å². The van der Waals surface area contributed by atoms with E-state index >= 15 is 0 Å². The van der Waals surface area contributed by atoms with Crippen molar-refractivity contribution in [2.24, 2.45) is 0 Å². The Balaban J connectivity index is 1.75. The van der Waals surface area contributed by atoms with Gasteiger partial charge in [0.2, 0.25) is 0 Å². The lowest BCUT2D eigenvalue weighted by atomic mass is 10.2. The van der Waals surface area contributed by atoms with Crippen LogP contribution in [0.4, 0.5) is 21.9 Å². The van der Waals surface area contributed by atoms with E-state index in [1.165, 1.54) is 29.2 Å². The lowest BCUT2D eigenvalue weighted by Crippen LogP contribution is -2.37. The van der Waals surface area contributed by atoms with Crippen molar-refractivity contribution < 1.29 is 19.4 Å². The van der Waals surface area contributed by atoms with Crippen LogP contribution in [0.3, 0.4) is 0 Å². The van der Waals surface area contributed by atoms with E-state index in [1.54, 1.807) is 65.4 Å². The summed E-state index contributed by atoms with van der Waals surface area (Å²) in [6, 6.07) is 11.8. The number of ether oxygens (including phenoxy) is 1. The Labute approximate surface area is 187 Å². The predicted octanol–water partition coefficient (Wildman–Crippen LogP) is 4.14. The average Bonchev–Trinajstić information content (AvgIpc) is 3.46. The third-order valence-corrected chi connectivity index (χ3v) is 4.99. The Morgan fingerprint density at radius 2 is 1.55 bits per heavy atom. The molecule has 1 aliphatic rings. The molecule has 33 heavy (non-hydrogen) atoms. The number of nitro benzene ring substituents is 2. The summed E-state index contributed by atoms with van der Waals surface area (Å²) < 4.78 is 6.88. The maximum atomic E-state index is 12.7. The van der Waals surface area contributed by atoms with Gasteiger partial charge in [0, 0.05) is 60.4 Å². The molecule has 0 aliphatic carbocycles. The number of hydrogen-bond acceptors (Lipinski definition) is 8. The number of anilines is 1. The second-order valence-corrected chi connectivity index (χ2v) is 6.89. The molecule has 1 atom stereocenters. The summed E-state index contributed by atoms with van der Waals surface area (Å²) in [6.07, 6.45) is 5.05.